The van der Waals surface area contributed by atoms with Gasteiger partial charge in [0, 0.05) is 48.5 Å². The predicted molar refractivity (Wildman–Crippen MR) is 300 cm³/mol. The van der Waals surface area contributed by atoms with Gasteiger partial charge in [-0.25, -0.2) is 0 Å². The van der Waals surface area contributed by atoms with E-state index in [0.29, 0.717) is 0 Å². The Morgan fingerprint density at radius 2 is 1.03 bits per heavy atom. The molecule has 0 atom stereocenters. The summed E-state index contributed by atoms with van der Waals surface area (Å²) in [4.78, 5) is 5.44. The molecule has 2 aliphatic carbocycles. The minimum atomic E-state index is -0.0107. The van der Waals surface area contributed by atoms with Crippen molar-refractivity contribution in [1.29, 1.82) is 0 Å². The van der Waals surface area contributed by atoms with Crippen molar-refractivity contribution < 1.29 is 0 Å². The van der Waals surface area contributed by atoms with Gasteiger partial charge in [0.2, 0.25) is 0 Å². The number of nitrogens with zero attached hydrogens (tertiary/aromatic N) is 2. The van der Waals surface area contributed by atoms with Crippen molar-refractivity contribution in [1.82, 2.24) is 0 Å². The number of benzene rings is 8. The standard InChI is InChI=1S/C65H61BN2S/c1-39-20-14-15-23-43(39)42-33-55-60-56(34-42)68(52-26-18-16-24-44(52)41-21-12-11-13-22-41)61-50(28-29-58-59(61)45-25-17-19-27-57(45)69-58)66(60)51-35-47-49(65(9,10)38-64(47,7)8)37-54(51)67(55)53-36-48-46(32-40(53)2)62(3,4)30-31-63(48,5)6/h11-29,32-37H,30-31,38H2,1-10H3. The highest BCUT2D eigenvalue weighted by atomic mass is 32.1. The van der Waals surface area contributed by atoms with E-state index in [1.54, 1.807) is 0 Å². The lowest BCUT2D eigenvalue weighted by molar-refractivity contribution is 0.332. The van der Waals surface area contributed by atoms with Gasteiger partial charge in [-0.15, -0.1) is 11.3 Å². The summed E-state index contributed by atoms with van der Waals surface area (Å²) >= 11 is 1.92. The smallest absolute Gasteiger partial charge is 0.252 e. The molecule has 1 aromatic heterocycles. The summed E-state index contributed by atoms with van der Waals surface area (Å²) in [5.41, 5.74) is 25.5. The van der Waals surface area contributed by atoms with E-state index in [-0.39, 0.29) is 28.4 Å². The predicted octanol–water partition coefficient (Wildman–Crippen LogP) is 16.4. The van der Waals surface area contributed by atoms with Gasteiger partial charge in [0.25, 0.3) is 6.71 Å². The Morgan fingerprint density at radius 1 is 0.435 bits per heavy atom. The van der Waals surface area contributed by atoms with Crippen molar-refractivity contribution in [2.45, 2.75) is 110 Å². The molecule has 13 rings (SSSR count). The van der Waals surface area contributed by atoms with Gasteiger partial charge in [-0.2, -0.15) is 0 Å². The Hall–Kier alpha value is -6.36. The Bertz CT molecular complexity index is 3640. The second-order valence-electron chi connectivity index (χ2n) is 23.6. The largest absolute Gasteiger partial charge is 0.311 e. The van der Waals surface area contributed by atoms with E-state index in [0.717, 1.165) is 6.42 Å². The fourth-order valence-corrected chi connectivity index (χ4v) is 14.9. The highest BCUT2D eigenvalue weighted by Crippen LogP contribution is 2.56. The van der Waals surface area contributed by atoms with E-state index in [2.05, 4.69) is 231 Å². The summed E-state index contributed by atoms with van der Waals surface area (Å²) < 4.78 is 2.64. The first-order chi connectivity index (χ1) is 33.0. The zero-order valence-electron chi connectivity index (χ0n) is 41.9. The number of thiophene rings is 1. The molecule has 0 fully saturated rings. The second kappa shape index (κ2) is 14.6. The maximum atomic E-state index is 2.74. The molecule has 4 aliphatic rings. The molecule has 0 spiro atoms. The Morgan fingerprint density at radius 3 is 1.77 bits per heavy atom. The molecule has 0 saturated heterocycles. The molecule has 0 bridgehead atoms. The van der Waals surface area contributed by atoms with Crippen LogP contribution in [0.25, 0.3) is 42.4 Å². The van der Waals surface area contributed by atoms with Gasteiger partial charge in [0.15, 0.2) is 0 Å². The lowest BCUT2D eigenvalue weighted by atomic mass is 9.33. The molecule has 2 nitrogen and oxygen atoms in total. The number of rotatable bonds is 4. The van der Waals surface area contributed by atoms with Crippen LogP contribution in [0.4, 0.5) is 34.1 Å². The van der Waals surface area contributed by atoms with Crippen LogP contribution in [-0.4, -0.2) is 6.71 Å². The van der Waals surface area contributed by atoms with Crippen LogP contribution in [0.5, 0.6) is 0 Å². The minimum Gasteiger partial charge on any atom is -0.311 e. The lowest BCUT2D eigenvalue weighted by Crippen LogP contribution is -2.61. The highest BCUT2D eigenvalue weighted by molar-refractivity contribution is 7.26. The van der Waals surface area contributed by atoms with E-state index in [1.807, 2.05) is 11.3 Å². The second-order valence-corrected chi connectivity index (χ2v) is 24.6. The van der Waals surface area contributed by atoms with Crippen LogP contribution in [0.2, 0.25) is 0 Å². The maximum absolute atomic E-state index is 2.74. The van der Waals surface area contributed by atoms with Crippen LogP contribution in [0.1, 0.15) is 108 Å². The third kappa shape index (κ3) is 6.16. The number of fused-ring (bicyclic) bond motifs is 10. The molecule has 0 unspecified atom stereocenters. The van der Waals surface area contributed by atoms with Crippen LogP contribution in [0.15, 0.2) is 152 Å². The fraction of sp³-hybridized carbons (Fsp3) is 0.262. The van der Waals surface area contributed by atoms with E-state index >= 15 is 0 Å². The van der Waals surface area contributed by atoms with E-state index in [1.165, 1.54) is 139 Å². The van der Waals surface area contributed by atoms with Crippen LogP contribution in [0.3, 0.4) is 0 Å². The van der Waals surface area contributed by atoms with E-state index < -0.39 is 0 Å². The third-order valence-electron chi connectivity index (χ3n) is 17.1. The zero-order chi connectivity index (χ0) is 47.5. The van der Waals surface area contributed by atoms with Crippen molar-refractivity contribution in [2.75, 3.05) is 9.80 Å². The first kappa shape index (κ1) is 42.7. The first-order valence-electron chi connectivity index (χ1n) is 25.3. The summed E-state index contributed by atoms with van der Waals surface area (Å²) in [5.74, 6) is 0. The molecule has 8 aromatic carbocycles. The maximum Gasteiger partial charge on any atom is 0.252 e. The van der Waals surface area contributed by atoms with E-state index in [4.69, 9.17) is 0 Å². The molecular formula is C65H61BN2S. The summed E-state index contributed by atoms with van der Waals surface area (Å²) in [6, 6.07) is 58.9. The lowest BCUT2D eigenvalue weighted by Gasteiger charge is -2.47. The number of hydrogen-bond donors (Lipinski definition) is 0. The van der Waals surface area contributed by atoms with Gasteiger partial charge < -0.3 is 9.80 Å². The first-order valence-corrected chi connectivity index (χ1v) is 26.1. The number of aryl methyl sites for hydroxylation is 2. The molecule has 4 heteroatoms. The van der Waals surface area contributed by atoms with Gasteiger partial charge in [-0.1, -0.05) is 165 Å². The monoisotopic (exact) mass is 912 g/mol. The van der Waals surface area contributed by atoms with Gasteiger partial charge in [0.1, 0.15) is 0 Å². The molecule has 0 amide bonds. The van der Waals surface area contributed by atoms with Gasteiger partial charge in [-0.3, -0.25) is 0 Å². The average Bonchev–Trinajstić information content (AvgIpc) is 3.80. The number of para-hydroxylation sites is 1. The van der Waals surface area contributed by atoms with Crippen LogP contribution >= 0.6 is 11.3 Å². The summed E-state index contributed by atoms with van der Waals surface area (Å²) in [7, 11) is 0. The van der Waals surface area contributed by atoms with Crippen molar-refractivity contribution in [3.05, 3.63) is 185 Å². The highest BCUT2D eigenvalue weighted by Gasteiger charge is 2.49. The Labute approximate surface area is 413 Å². The van der Waals surface area contributed by atoms with Gasteiger partial charge in [0.05, 0.1) is 11.4 Å². The summed E-state index contributed by atoms with van der Waals surface area (Å²) in [6.07, 6.45) is 3.47. The van der Waals surface area contributed by atoms with Gasteiger partial charge >= 0.3 is 0 Å². The van der Waals surface area contributed by atoms with Crippen molar-refractivity contribution in [3.8, 4) is 22.3 Å². The molecule has 0 N–H and O–H groups in total. The summed E-state index contributed by atoms with van der Waals surface area (Å²) in [5, 5.41) is 2.66. The summed E-state index contributed by atoms with van der Waals surface area (Å²) in [6.45, 7) is 24.5. The van der Waals surface area contributed by atoms with E-state index in [9.17, 15) is 0 Å². The normalized spacial score (nSPS) is 17.6. The molecule has 69 heavy (non-hydrogen) atoms. The molecule has 0 radical (unpaired) electrons. The number of hydrogen-bond acceptors (Lipinski definition) is 3. The molecule has 340 valence electrons. The Kier molecular flexibility index (Phi) is 9.04. The minimum absolute atomic E-state index is 0.0107. The molecule has 0 saturated carbocycles. The topological polar surface area (TPSA) is 6.48 Å². The zero-order valence-corrected chi connectivity index (χ0v) is 42.8. The third-order valence-corrected chi connectivity index (χ3v) is 18.3. The van der Waals surface area contributed by atoms with Crippen molar-refractivity contribution in [3.63, 3.8) is 0 Å². The fourth-order valence-electron chi connectivity index (χ4n) is 13.8. The SMILES string of the molecule is Cc1ccccc1-c1cc2c3c(c1)N(c1ccccc1-c1ccccc1)c1c(ccc4sc5ccccc5c14)B3c1cc3c(cc1N2c1cc2c(cc1C)C(C)(C)CCC2(C)C)C(C)(C)CC3(C)C. The molecule has 3 heterocycles. The quantitative estimate of drug-likeness (QED) is 0.162. The molecular weight excluding hydrogens is 852 g/mol. The van der Waals surface area contributed by atoms with Crippen LogP contribution in [-0.2, 0) is 21.7 Å². The number of anilines is 6. The molecule has 9 aromatic rings. The van der Waals surface area contributed by atoms with Gasteiger partial charge in [-0.05, 0) is 164 Å². The average molecular weight is 913 g/mol. The molecule has 2 aliphatic heterocycles. The van der Waals surface area contributed by atoms with Crippen LogP contribution in [0, 0.1) is 13.8 Å². The van der Waals surface area contributed by atoms with Crippen molar-refractivity contribution >= 4 is 88.7 Å². The Balaban J connectivity index is 1.23. The van der Waals surface area contributed by atoms with Crippen LogP contribution < -0.4 is 26.2 Å². The van der Waals surface area contributed by atoms with Crippen molar-refractivity contribution in [2.24, 2.45) is 0 Å².